The molecule has 2 atom stereocenters. The van der Waals surface area contributed by atoms with E-state index in [9.17, 15) is 17.8 Å². The highest BCUT2D eigenvalue weighted by Gasteiger charge is 2.23. The topological polar surface area (TPSA) is 102 Å². The van der Waals surface area contributed by atoms with Crippen molar-refractivity contribution in [2.75, 3.05) is 7.11 Å². The number of methoxy groups -OCH3 is 1. The van der Waals surface area contributed by atoms with Gasteiger partial charge in [-0.25, -0.2) is 4.79 Å². The molecule has 1 amide bonds. The van der Waals surface area contributed by atoms with Gasteiger partial charge in [0.15, 0.2) is 0 Å². The van der Waals surface area contributed by atoms with Crippen LogP contribution in [0.15, 0.2) is 96.4 Å². The summed E-state index contributed by atoms with van der Waals surface area (Å²) in [5, 5.41) is 3.28. The van der Waals surface area contributed by atoms with Gasteiger partial charge in [-0.05, 0) is 47.7 Å². The van der Waals surface area contributed by atoms with E-state index < -0.39 is 22.3 Å². The summed E-state index contributed by atoms with van der Waals surface area (Å²) in [6, 6.07) is 26.2. The van der Waals surface area contributed by atoms with Crippen LogP contribution in [-0.2, 0) is 33.6 Å². The first-order chi connectivity index (χ1) is 17.8. The van der Waals surface area contributed by atoms with Gasteiger partial charge in [0.2, 0.25) is 0 Å². The molecule has 196 valence electrons. The summed E-state index contributed by atoms with van der Waals surface area (Å²) in [5.74, 6) is 1.38. The van der Waals surface area contributed by atoms with Crippen molar-refractivity contribution < 1.29 is 27.2 Å². The summed E-state index contributed by atoms with van der Waals surface area (Å²) >= 11 is 1.58. The van der Waals surface area contributed by atoms with Crippen LogP contribution in [-0.4, -0.2) is 37.5 Å². The van der Waals surface area contributed by atoms with E-state index in [2.05, 4.69) is 5.32 Å². The Kier molecular flexibility index (Phi) is 11.1. The number of rotatable bonds is 13. The molecule has 7 nitrogen and oxygen atoms in total. The maximum absolute atomic E-state index is 12.7. The first-order valence-corrected chi connectivity index (χ1v) is 14.3. The average Bonchev–Trinajstić information content (AvgIpc) is 2.91. The van der Waals surface area contributed by atoms with Crippen LogP contribution < -0.4 is 10.1 Å². The van der Waals surface area contributed by atoms with E-state index in [4.69, 9.17) is 9.47 Å². The minimum atomic E-state index is -4.38. The molecule has 0 unspecified atom stereocenters. The number of ether oxygens (including phenoxy) is 2. The third-order valence-corrected chi connectivity index (χ3v) is 7.50. The van der Waals surface area contributed by atoms with Crippen molar-refractivity contribution in [3.8, 4) is 5.75 Å². The van der Waals surface area contributed by atoms with Gasteiger partial charge in [0.1, 0.15) is 12.4 Å². The van der Waals surface area contributed by atoms with Crippen molar-refractivity contribution in [3.05, 3.63) is 113 Å². The van der Waals surface area contributed by atoms with E-state index in [1.54, 1.807) is 18.9 Å². The summed E-state index contributed by atoms with van der Waals surface area (Å²) in [6.07, 6.45) is 1.99. The number of alkyl carbamates (subject to hydrolysis) is 1. The van der Waals surface area contributed by atoms with Gasteiger partial charge in [-0.15, -0.1) is 0 Å². The van der Waals surface area contributed by atoms with Crippen LogP contribution in [0.25, 0.3) is 0 Å². The first kappa shape index (κ1) is 28.3. The van der Waals surface area contributed by atoms with E-state index >= 15 is 0 Å². The van der Waals surface area contributed by atoms with Gasteiger partial charge < -0.3 is 14.8 Å². The van der Waals surface area contributed by atoms with E-state index in [1.807, 2.05) is 84.9 Å². The molecule has 0 spiro atoms. The predicted molar refractivity (Wildman–Crippen MR) is 147 cm³/mol. The third kappa shape index (κ3) is 10.7. The van der Waals surface area contributed by atoms with E-state index in [0.29, 0.717) is 17.6 Å². The van der Waals surface area contributed by atoms with Crippen molar-refractivity contribution >= 4 is 28.0 Å². The van der Waals surface area contributed by atoms with Gasteiger partial charge in [0, 0.05) is 11.0 Å². The van der Waals surface area contributed by atoms with Crippen LogP contribution in [0.5, 0.6) is 5.75 Å². The normalized spacial score (nSPS) is 13.1. The van der Waals surface area contributed by atoms with E-state index in [1.165, 1.54) is 6.08 Å². The molecule has 9 heteroatoms. The predicted octanol–water partition coefficient (Wildman–Crippen LogP) is 5.63. The molecule has 0 fully saturated rings. The molecule has 2 N–H and O–H groups in total. The molecule has 0 saturated carbocycles. The van der Waals surface area contributed by atoms with Gasteiger partial charge in [-0.3, -0.25) is 4.55 Å². The van der Waals surface area contributed by atoms with E-state index in [-0.39, 0.29) is 11.9 Å². The molecule has 0 aliphatic carbocycles. The monoisotopic (exact) mass is 541 g/mol. The highest BCUT2D eigenvalue weighted by molar-refractivity contribution is 7.99. The fraction of sp³-hybridized carbons (Fsp3) is 0.250. The lowest BCUT2D eigenvalue weighted by Crippen LogP contribution is -2.41. The number of amides is 1. The van der Waals surface area contributed by atoms with Crippen molar-refractivity contribution in [3.63, 3.8) is 0 Å². The van der Waals surface area contributed by atoms with Crippen LogP contribution in [0.3, 0.4) is 0 Å². The summed E-state index contributed by atoms with van der Waals surface area (Å²) in [5.41, 5.74) is 3.01. The standard InChI is InChI=1S/C28H31NO6S2/c1-34-25-15-12-24(13-16-25)21-36-27(17-14-22-8-4-2-5-9-22)26(18-19-37(31,32)33)29-28(30)35-20-23-10-6-3-7-11-23/h2-13,15-16,18-19,26-27H,14,17,20-21H2,1H3,(H,29,30)(H,31,32,33)/t26-,27-/m0/s1. The Morgan fingerprint density at radius 3 is 2.16 bits per heavy atom. The van der Waals surface area contributed by atoms with Gasteiger partial charge in [0.25, 0.3) is 10.1 Å². The van der Waals surface area contributed by atoms with Gasteiger partial charge in [0.05, 0.1) is 18.6 Å². The van der Waals surface area contributed by atoms with E-state index in [0.717, 1.165) is 28.9 Å². The molecular formula is C28H31NO6S2. The van der Waals surface area contributed by atoms with Crippen molar-refractivity contribution in [2.45, 2.75) is 36.5 Å². The van der Waals surface area contributed by atoms with Crippen molar-refractivity contribution in [2.24, 2.45) is 0 Å². The number of hydrogen-bond donors (Lipinski definition) is 2. The lowest BCUT2D eigenvalue weighted by molar-refractivity contribution is 0.137. The smallest absolute Gasteiger partial charge is 0.407 e. The molecule has 37 heavy (non-hydrogen) atoms. The number of benzene rings is 3. The summed E-state index contributed by atoms with van der Waals surface area (Å²) in [7, 11) is -2.77. The van der Waals surface area contributed by atoms with Crippen LogP contribution in [0, 0.1) is 0 Å². The van der Waals surface area contributed by atoms with Crippen LogP contribution >= 0.6 is 11.8 Å². The molecular weight excluding hydrogens is 510 g/mol. The molecule has 0 aromatic heterocycles. The second-order valence-corrected chi connectivity index (χ2v) is 10.8. The van der Waals surface area contributed by atoms with Crippen LogP contribution in [0.4, 0.5) is 4.79 Å². The SMILES string of the molecule is COc1ccc(CS[C@@H](CCc2ccccc2)[C@H](C=CS(=O)(=O)O)NC(=O)OCc2ccccc2)cc1. The largest absolute Gasteiger partial charge is 0.497 e. The molecule has 0 radical (unpaired) electrons. The Morgan fingerprint density at radius 2 is 1.57 bits per heavy atom. The number of nitrogens with one attached hydrogen (secondary N) is 1. The fourth-order valence-corrected chi connectivity index (χ4v) is 5.21. The minimum absolute atomic E-state index is 0.0785. The Labute approximate surface area is 222 Å². The Morgan fingerprint density at radius 1 is 0.946 bits per heavy atom. The maximum Gasteiger partial charge on any atom is 0.407 e. The first-order valence-electron chi connectivity index (χ1n) is 11.7. The van der Waals surface area contributed by atoms with Crippen molar-refractivity contribution in [1.29, 1.82) is 0 Å². The average molecular weight is 542 g/mol. The summed E-state index contributed by atoms with van der Waals surface area (Å²) < 4.78 is 42.9. The minimum Gasteiger partial charge on any atom is -0.497 e. The second kappa shape index (κ2) is 14.5. The molecule has 3 aromatic rings. The zero-order chi connectivity index (χ0) is 26.5. The van der Waals surface area contributed by atoms with Crippen molar-refractivity contribution in [1.82, 2.24) is 5.32 Å². The number of carbonyl (C=O) groups excluding carboxylic acids is 1. The molecule has 0 aliphatic rings. The quantitative estimate of drug-likeness (QED) is 0.271. The Bertz CT molecular complexity index is 1230. The molecule has 0 heterocycles. The number of hydrogen-bond acceptors (Lipinski definition) is 6. The fourth-order valence-electron chi connectivity index (χ4n) is 3.59. The van der Waals surface area contributed by atoms with Gasteiger partial charge in [-0.1, -0.05) is 72.8 Å². The Balaban J connectivity index is 1.76. The maximum atomic E-state index is 12.7. The number of carbonyl (C=O) groups is 1. The van der Waals surface area contributed by atoms with Gasteiger partial charge in [-0.2, -0.15) is 20.2 Å². The zero-order valence-corrected chi connectivity index (χ0v) is 22.2. The third-order valence-electron chi connectivity index (χ3n) is 5.54. The molecule has 3 rings (SSSR count). The summed E-state index contributed by atoms with van der Waals surface area (Å²) in [4.78, 5) is 12.7. The second-order valence-electron chi connectivity index (χ2n) is 8.30. The number of thioether (sulfide) groups is 1. The van der Waals surface area contributed by atoms with Crippen LogP contribution in [0.2, 0.25) is 0 Å². The number of aryl methyl sites for hydroxylation is 1. The summed E-state index contributed by atoms with van der Waals surface area (Å²) in [6.45, 7) is 0.0785. The highest BCUT2D eigenvalue weighted by atomic mass is 32.2. The molecule has 3 aromatic carbocycles. The highest BCUT2D eigenvalue weighted by Crippen LogP contribution is 2.27. The van der Waals surface area contributed by atoms with Gasteiger partial charge >= 0.3 is 6.09 Å². The molecule has 0 bridgehead atoms. The van der Waals surface area contributed by atoms with Crippen LogP contribution in [0.1, 0.15) is 23.1 Å². The Hall–Kier alpha value is -3.27. The molecule has 0 saturated heterocycles. The zero-order valence-electron chi connectivity index (χ0n) is 20.5. The lowest BCUT2D eigenvalue weighted by atomic mass is 10.0. The molecule has 0 aliphatic heterocycles. The lowest BCUT2D eigenvalue weighted by Gasteiger charge is -2.25.